The quantitative estimate of drug-likeness (QED) is 0.112. The minimum atomic E-state index is -2.06. The van der Waals surface area contributed by atoms with Crippen LogP contribution in [0, 0.1) is 17.8 Å². The summed E-state index contributed by atoms with van der Waals surface area (Å²) < 4.78 is 11.5. The van der Waals surface area contributed by atoms with Gasteiger partial charge in [0.2, 0.25) is 17.7 Å². The number of hydrogen-bond acceptors (Lipinski definition) is 8. The largest absolute Gasteiger partial charge is 0.508 e. The predicted molar refractivity (Wildman–Crippen MR) is 180 cm³/mol. The number of para-hydroxylation sites is 2. The van der Waals surface area contributed by atoms with Gasteiger partial charge in [-0.25, -0.2) is 4.98 Å². The summed E-state index contributed by atoms with van der Waals surface area (Å²) in [4.78, 5) is 58.9. The van der Waals surface area contributed by atoms with Crippen molar-refractivity contribution in [3.63, 3.8) is 0 Å². The number of phenols is 1. The van der Waals surface area contributed by atoms with Crippen LogP contribution in [0.4, 0.5) is 5.69 Å². The maximum Gasteiger partial charge on any atom is 0.254 e. The van der Waals surface area contributed by atoms with E-state index < -0.39 is 51.1 Å². The number of alkyl halides is 3. The Morgan fingerprint density at radius 2 is 1.73 bits per heavy atom. The summed E-state index contributed by atoms with van der Waals surface area (Å²) in [5.74, 6) is -5.40. The molecule has 2 saturated heterocycles. The lowest BCUT2D eigenvalue weighted by Gasteiger charge is -2.50. The SMILES string of the molecule is COc1cccc(O)c1C1C2=CCC3C(=O)N(c4ccc(-c5nc6ccccc6o5)cc4)C(=O)C3C2CC2(Cl)C(=O)N(CBr)C(=O)C12Cl. The van der Waals surface area contributed by atoms with Crippen molar-refractivity contribution in [1.82, 2.24) is 9.88 Å². The van der Waals surface area contributed by atoms with Gasteiger partial charge in [-0.1, -0.05) is 45.8 Å². The van der Waals surface area contributed by atoms with Crippen LogP contribution in [0.15, 0.2) is 82.8 Å². The zero-order chi connectivity index (χ0) is 33.7. The van der Waals surface area contributed by atoms with Crippen LogP contribution in [-0.2, 0) is 19.2 Å². The van der Waals surface area contributed by atoms with Gasteiger partial charge in [-0.2, -0.15) is 0 Å². The van der Waals surface area contributed by atoms with Gasteiger partial charge < -0.3 is 14.3 Å². The van der Waals surface area contributed by atoms with Crippen molar-refractivity contribution in [2.75, 3.05) is 17.5 Å². The number of ether oxygens (including phenoxy) is 1. The molecule has 4 aliphatic rings. The fourth-order valence-electron chi connectivity index (χ4n) is 8.07. The number of allylic oxidation sites excluding steroid dienone is 2. The van der Waals surface area contributed by atoms with Gasteiger partial charge in [0.1, 0.15) is 17.0 Å². The Hall–Kier alpha value is -4.19. The van der Waals surface area contributed by atoms with Crippen LogP contribution in [-0.4, -0.2) is 60.9 Å². The van der Waals surface area contributed by atoms with E-state index in [-0.39, 0.29) is 41.3 Å². The molecule has 244 valence electrons. The Morgan fingerprint density at radius 1 is 0.979 bits per heavy atom. The van der Waals surface area contributed by atoms with Crippen LogP contribution >= 0.6 is 39.1 Å². The minimum absolute atomic E-state index is 0.154. The van der Waals surface area contributed by atoms with Gasteiger partial charge in [0.05, 0.1) is 30.1 Å². The molecular formula is C35H26BrCl2N3O7. The number of nitrogens with zero attached hydrogens (tertiary/aromatic N) is 3. The molecule has 8 rings (SSSR count). The van der Waals surface area contributed by atoms with Crippen molar-refractivity contribution in [3.8, 4) is 23.0 Å². The van der Waals surface area contributed by atoms with Gasteiger partial charge in [0.25, 0.3) is 11.8 Å². The molecule has 2 aliphatic carbocycles. The number of carbonyl (C=O) groups is 4. The lowest BCUT2D eigenvalue weighted by Crippen LogP contribution is -2.60. The smallest absolute Gasteiger partial charge is 0.254 e. The molecule has 0 bridgehead atoms. The number of anilines is 1. The lowest BCUT2D eigenvalue weighted by atomic mass is 9.56. The van der Waals surface area contributed by atoms with Crippen molar-refractivity contribution < 1.29 is 33.4 Å². The molecular weight excluding hydrogens is 725 g/mol. The number of phenolic OH excluding ortho intramolecular Hbond substituents is 1. The number of amides is 4. The molecule has 4 aromatic rings. The number of methoxy groups -OCH3 is 1. The van der Waals surface area contributed by atoms with Crippen LogP contribution in [0.3, 0.4) is 0 Å². The molecule has 1 N–H and O–H groups in total. The third-order valence-electron chi connectivity index (χ3n) is 10.2. The number of likely N-dealkylation sites (tertiary alicyclic amines) is 1. The van der Waals surface area contributed by atoms with Gasteiger partial charge in [-0.05, 0) is 67.3 Å². The molecule has 1 saturated carbocycles. The lowest BCUT2D eigenvalue weighted by molar-refractivity contribution is -0.138. The molecule has 13 heteroatoms. The van der Waals surface area contributed by atoms with Gasteiger partial charge in [-0.15, -0.1) is 23.2 Å². The Bertz CT molecular complexity index is 2070. The average Bonchev–Trinajstić information content (AvgIpc) is 3.68. The number of hydrogen-bond donors (Lipinski definition) is 1. The highest BCUT2D eigenvalue weighted by Crippen LogP contribution is 2.67. The number of oxazole rings is 1. The molecule has 6 atom stereocenters. The molecule has 3 heterocycles. The number of aromatic nitrogens is 1. The summed E-state index contributed by atoms with van der Waals surface area (Å²) >= 11 is 17.8. The fourth-order valence-corrected chi connectivity index (χ4v) is 9.48. The summed E-state index contributed by atoms with van der Waals surface area (Å²) in [7, 11) is 1.41. The Balaban J connectivity index is 1.20. The molecule has 3 aromatic carbocycles. The van der Waals surface area contributed by atoms with Crippen molar-refractivity contribution in [3.05, 3.63) is 83.9 Å². The van der Waals surface area contributed by atoms with E-state index >= 15 is 0 Å². The zero-order valence-electron chi connectivity index (χ0n) is 25.2. The third kappa shape index (κ3) is 4.01. The van der Waals surface area contributed by atoms with Crippen molar-refractivity contribution in [1.29, 1.82) is 0 Å². The van der Waals surface area contributed by atoms with Gasteiger partial charge in [0, 0.05) is 17.0 Å². The van der Waals surface area contributed by atoms with E-state index in [2.05, 4.69) is 20.9 Å². The van der Waals surface area contributed by atoms with E-state index in [9.17, 15) is 24.3 Å². The zero-order valence-corrected chi connectivity index (χ0v) is 28.3. The number of benzene rings is 3. The van der Waals surface area contributed by atoms with Crippen LogP contribution in [0.2, 0.25) is 0 Å². The van der Waals surface area contributed by atoms with E-state index in [4.69, 9.17) is 32.4 Å². The monoisotopic (exact) mass is 749 g/mol. The summed E-state index contributed by atoms with van der Waals surface area (Å²) in [5, 5.41) is 11.2. The second-order valence-corrected chi connectivity index (χ2v) is 14.2. The molecule has 10 nitrogen and oxygen atoms in total. The summed E-state index contributed by atoms with van der Waals surface area (Å²) in [6.45, 7) is 0. The molecule has 1 aromatic heterocycles. The van der Waals surface area contributed by atoms with E-state index in [1.807, 2.05) is 30.3 Å². The maximum absolute atomic E-state index is 14.4. The Kier molecular flexibility index (Phi) is 7.07. The normalized spacial score (nSPS) is 29.6. The molecule has 0 radical (unpaired) electrons. The average molecular weight is 751 g/mol. The number of carbonyl (C=O) groups excluding carboxylic acids is 4. The van der Waals surface area contributed by atoms with E-state index in [0.29, 0.717) is 33.8 Å². The number of halogens is 3. The summed E-state index contributed by atoms with van der Waals surface area (Å²) in [6.07, 6.45) is 1.81. The van der Waals surface area contributed by atoms with Crippen molar-refractivity contribution in [2.24, 2.45) is 17.8 Å². The van der Waals surface area contributed by atoms with Crippen LogP contribution in [0.25, 0.3) is 22.6 Å². The van der Waals surface area contributed by atoms with Crippen molar-refractivity contribution >= 4 is 79.5 Å². The highest BCUT2D eigenvalue weighted by molar-refractivity contribution is 9.09. The Labute approximate surface area is 292 Å². The second-order valence-electron chi connectivity index (χ2n) is 12.4. The molecule has 6 unspecified atom stereocenters. The first-order valence-electron chi connectivity index (χ1n) is 15.2. The van der Waals surface area contributed by atoms with Gasteiger partial charge >= 0.3 is 0 Å². The third-order valence-corrected chi connectivity index (χ3v) is 12.1. The number of aromatic hydroxyl groups is 1. The van der Waals surface area contributed by atoms with E-state index in [0.717, 1.165) is 4.90 Å². The van der Waals surface area contributed by atoms with Crippen LogP contribution in [0.5, 0.6) is 11.5 Å². The van der Waals surface area contributed by atoms with E-state index in [1.165, 1.54) is 18.1 Å². The Morgan fingerprint density at radius 3 is 2.44 bits per heavy atom. The van der Waals surface area contributed by atoms with Gasteiger partial charge in [-0.3, -0.25) is 29.0 Å². The molecule has 4 amide bonds. The summed E-state index contributed by atoms with van der Waals surface area (Å²) in [6, 6.07) is 18.8. The molecule has 48 heavy (non-hydrogen) atoms. The standard InChI is InChI=1S/C35H26BrCl2N3O7/c1-47-25-8-4-6-23(42)27(25)28-19-13-14-20-26(21(19)15-34(37)32(45)40(16-36)33(46)35(28,34)38)31(44)41(30(20)43)18-11-9-17(10-12-18)29-39-22-5-2-3-7-24(22)48-29/h2-13,20-21,26,28,42H,14-16H2,1H3. The highest BCUT2D eigenvalue weighted by atomic mass is 79.9. The van der Waals surface area contributed by atoms with Gasteiger partial charge in [0.15, 0.2) is 15.3 Å². The number of imide groups is 2. The molecule has 2 aliphatic heterocycles. The first kappa shape index (κ1) is 31.1. The fraction of sp³-hybridized carbons (Fsp3) is 0.286. The molecule has 3 fully saturated rings. The number of fused-ring (bicyclic) bond motifs is 5. The minimum Gasteiger partial charge on any atom is -0.508 e. The topological polar surface area (TPSA) is 130 Å². The van der Waals surface area contributed by atoms with E-state index in [1.54, 1.807) is 36.4 Å². The van der Waals surface area contributed by atoms with Crippen molar-refractivity contribution in [2.45, 2.75) is 28.5 Å². The molecule has 0 spiro atoms. The maximum atomic E-state index is 14.4. The first-order valence-corrected chi connectivity index (χ1v) is 17.1. The summed E-state index contributed by atoms with van der Waals surface area (Å²) in [5.41, 5.74) is 2.97. The second kappa shape index (κ2) is 10.9. The first-order chi connectivity index (χ1) is 23.0. The van der Waals surface area contributed by atoms with Crippen LogP contribution < -0.4 is 9.64 Å². The predicted octanol–water partition coefficient (Wildman–Crippen LogP) is 6.12. The number of rotatable bonds is 5. The highest BCUT2D eigenvalue weighted by Gasteiger charge is 2.76. The van der Waals surface area contributed by atoms with Crippen LogP contribution in [0.1, 0.15) is 24.3 Å².